The lowest BCUT2D eigenvalue weighted by atomic mass is 10.1. The van der Waals surface area contributed by atoms with Gasteiger partial charge in [0, 0.05) is 23.5 Å². The van der Waals surface area contributed by atoms with Crippen LogP contribution in [0.2, 0.25) is 0 Å². The van der Waals surface area contributed by atoms with E-state index in [1.54, 1.807) is 0 Å². The molecule has 2 rings (SSSR count). The molecule has 1 aromatic rings. The molecular weight excluding hydrogens is 268 g/mol. The Balaban J connectivity index is 2.33. The first-order valence-corrected chi connectivity index (χ1v) is 8.09. The van der Waals surface area contributed by atoms with Gasteiger partial charge in [-0.15, -0.1) is 11.8 Å². The lowest BCUT2D eigenvalue weighted by molar-refractivity contribution is 0.0694. The Hall–Kier alpha value is -0.750. The molecule has 1 fully saturated rings. The Morgan fingerprint density at radius 3 is 2.83 bits per heavy atom. The second-order valence-corrected chi connectivity index (χ2v) is 6.88. The fourth-order valence-electron chi connectivity index (χ4n) is 1.81. The molecule has 0 bridgehead atoms. The number of aromatic carboxylic acids is 1. The molecule has 18 heavy (non-hydrogen) atoms. The average molecular weight is 284 g/mol. The number of carboxylic acids is 1. The van der Waals surface area contributed by atoms with Gasteiger partial charge in [-0.05, 0) is 5.92 Å². The third-order valence-corrected chi connectivity index (χ3v) is 5.47. The summed E-state index contributed by atoms with van der Waals surface area (Å²) in [6.45, 7) is 3.92. The van der Waals surface area contributed by atoms with Crippen molar-refractivity contribution in [3.05, 3.63) is 23.3 Å². The van der Waals surface area contributed by atoms with Gasteiger partial charge in [0.05, 0.1) is 16.5 Å². The second-order valence-electron chi connectivity index (χ2n) is 4.42. The Labute approximate surface area is 115 Å². The smallest absolute Gasteiger partial charge is 0.339 e. The summed E-state index contributed by atoms with van der Waals surface area (Å²) in [4.78, 5) is 19.9. The minimum atomic E-state index is -0.948. The summed E-state index contributed by atoms with van der Waals surface area (Å²) in [6, 6.07) is 0. The van der Waals surface area contributed by atoms with E-state index in [1.807, 2.05) is 37.4 Å². The quantitative estimate of drug-likeness (QED) is 0.921. The molecule has 0 radical (unpaired) electrons. The highest BCUT2D eigenvalue weighted by atomic mass is 32.2. The van der Waals surface area contributed by atoms with Gasteiger partial charge in [0.25, 0.3) is 0 Å². The third-order valence-electron chi connectivity index (χ3n) is 2.72. The largest absolute Gasteiger partial charge is 0.478 e. The van der Waals surface area contributed by atoms with E-state index >= 15 is 0 Å². The zero-order valence-electron chi connectivity index (χ0n) is 10.4. The van der Waals surface area contributed by atoms with Crippen molar-refractivity contribution in [3.63, 3.8) is 0 Å². The van der Waals surface area contributed by atoms with Crippen LogP contribution in [0.1, 0.15) is 46.9 Å². The van der Waals surface area contributed by atoms with E-state index in [1.165, 1.54) is 11.9 Å². The first-order chi connectivity index (χ1) is 8.59. The van der Waals surface area contributed by atoms with E-state index in [0.29, 0.717) is 10.9 Å². The summed E-state index contributed by atoms with van der Waals surface area (Å²) in [6.07, 6.45) is 1.46. The minimum Gasteiger partial charge on any atom is -0.478 e. The van der Waals surface area contributed by atoms with Crippen LogP contribution in [0.3, 0.4) is 0 Å². The first kappa shape index (κ1) is 13.7. The van der Waals surface area contributed by atoms with Gasteiger partial charge in [-0.3, -0.25) is 0 Å². The molecule has 0 amide bonds. The zero-order valence-corrected chi connectivity index (χ0v) is 12.1. The number of hydrogen-bond acceptors (Lipinski definition) is 5. The van der Waals surface area contributed by atoms with Crippen LogP contribution in [0.25, 0.3) is 0 Å². The van der Waals surface area contributed by atoms with E-state index in [4.69, 9.17) is 5.11 Å². The molecule has 4 nitrogen and oxygen atoms in total. The molecule has 0 spiro atoms. The molecular formula is C12H16N2O2S2. The zero-order chi connectivity index (χ0) is 13.1. The molecule has 0 aliphatic carbocycles. The van der Waals surface area contributed by atoms with Gasteiger partial charge in [-0.2, -0.15) is 11.8 Å². The van der Waals surface area contributed by atoms with Crippen LogP contribution < -0.4 is 0 Å². The Bertz CT molecular complexity index is 446. The summed E-state index contributed by atoms with van der Waals surface area (Å²) < 4.78 is 0. The van der Waals surface area contributed by atoms with E-state index in [0.717, 1.165) is 17.3 Å². The molecule has 1 unspecified atom stereocenters. The van der Waals surface area contributed by atoms with Gasteiger partial charge >= 0.3 is 5.97 Å². The Kier molecular flexibility index (Phi) is 4.50. The maximum atomic E-state index is 11.1. The molecule has 1 saturated heterocycles. The van der Waals surface area contributed by atoms with Crippen molar-refractivity contribution in [2.75, 3.05) is 17.3 Å². The highest BCUT2D eigenvalue weighted by molar-refractivity contribution is 8.06. The number of carbonyl (C=O) groups is 1. The van der Waals surface area contributed by atoms with E-state index in [2.05, 4.69) is 9.97 Å². The number of hydrogen-bond donors (Lipinski definition) is 1. The maximum Gasteiger partial charge on any atom is 0.339 e. The Morgan fingerprint density at radius 1 is 1.50 bits per heavy atom. The van der Waals surface area contributed by atoms with Crippen LogP contribution in [-0.4, -0.2) is 38.3 Å². The van der Waals surface area contributed by atoms with Crippen molar-refractivity contribution in [1.82, 2.24) is 9.97 Å². The monoisotopic (exact) mass is 284 g/mol. The molecule has 6 heteroatoms. The predicted octanol–water partition coefficient (Wildman–Crippen LogP) is 2.82. The standard InChI is InChI=1S/C12H16N2O2S2/c1-7(2)10-8(12(15)16)5-13-11(14-10)9-6-17-3-4-18-9/h5,7,9H,3-4,6H2,1-2H3,(H,15,16). The topological polar surface area (TPSA) is 63.1 Å². The molecule has 1 aromatic heterocycles. The predicted molar refractivity (Wildman–Crippen MR) is 75.6 cm³/mol. The number of thioether (sulfide) groups is 2. The summed E-state index contributed by atoms with van der Waals surface area (Å²) in [5, 5.41) is 9.42. The van der Waals surface area contributed by atoms with Gasteiger partial charge in [-0.25, -0.2) is 14.8 Å². The molecule has 1 N–H and O–H groups in total. The van der Waals surface area contributed by atoms with Crippen LogP contribution >= 0.6 is 23.5 Å². The first-order valence-electron chi connectivity index (χ1n) is 5.89. The van der Waals surface area contributed by atoms with Crippen LogP contribution in [-0.2, 0) is 0 Å². The van der Waals surface area contributed by atoms with E-state index in [-0.39, 0.29) is 11.5 Å². The minimum absolute atomic E-state index is 0.0964. The SMILES string of the molecule is CC(C)c1nc(C2CSCCS2)ncc1C(=O)O. The van der Waals surface area contributed by atoms with Gasteiger partial charge in [0.15, 0.2) is 0 Å². The van der Waals surface area contributed by atoms with Crippen molar-refractivity contribution in [1.29, 1.82) is 0 Å². The highest BCUT2D eigenvalue weighted by Crippen LogP contribution is 2.35. The maximum absolute atomic E-state index is 11.1. The van der Waals surface area contributed by atoms with Crippen LogP contribution in [0, 0.1) is 0 Å². The van der Waals surface area contributed by atoms with Gasteiger partial charge in [-0.1, -0.05) is 13.8 Å². The molecule has 2 heterocycles. The molecule has 0 saturated carbocycles. The molecule has 1 aliphatic rings. The summed E-state index contributed by atoms with van der Waals surface area (Å²) >= 11 is 3.76. The van der Waals surface area contributed by atoms with Crippen LogP contribution in [0.5, 0.6) is 0 Å². The van der Waals surface area contributed by atoms with E-state index < -0.39 is 5.97 Å². The van der Waals surface area contributed by atoms with Gasteiger partial charge in [0.1, 0.15) is 5.82 Å². The third kappa shape index (κ3) is 2.98. The molecule has 1 aliphatic heterocycles. The number of rotatable bonds is 3. The Morgan fingerprint density at radius 2 is 2.28 bits per heavy atom. The summed E-state index contributed by atoms with van der Waals surface area (Å²) in [5.74, 6) is 3.21. The lowest BCUT2D eigenvalue weighted by Crippen LogP contribution is -2.15. The summed E-state index contributed by atoms with van der Waals surface area (Å²) in [7, 11) is 0. The average Bonchev–Trinajstić information content (AvgIpc) is 2.39. The van der Waals surface area contributed by atoms with Crippen LogP contribution in [0.4, 0.5) is 0 Å². The highest BCUT2D eigenvalue weighted by Gasteiger charge is 2.22. The lowest BCUT2D eigenvalue weighted by Gasteiger charge is -2.20. The van der Waals surface area contributed by atoms with Crippen molar-refractivity contribution >= 4 is 29.5 Å². The fourth-order valence-corrected chi connectivity index (χ4v) is 4.41. The van der Waals surface area contributed by atoms with Crippen LogP contribution in [0.15, 0.2) is 6.20 Å². The van der Waals surface area contributed by atoms with Crippen molar-refractivity contribution in [3.8, 4) is 0 Å². The number of nitrogens with zero attached hydrogens (tertiary/aromatic N) is 2. The number of carboxylic acid groups (broad SMARTS) is 1. The van der Waals surface area contributed by atoms with Crippen molar-refractivity contribution < 1.29 is 9.90 Å². The molecule has 0 aromatic carbocycles. The summed E-state index contributed by atoms with van der Waals surface area (Å²) in [5.41, 5.74) is 0.867. The van der Waals surface area contributed by atoms with Gasteiger partial charge in [0.2, 0.25) is 0 Å². The second kappa shape index (κ2) is 5.93. The number of aromatic nitrogens is 2. The fraction of sp³-hybridized carbons (Fsp3) is 0.583. The van der Waals surface area contributed by atoms with Crippen molar-refractivity contribution in [2.45, 2.75) is 25.0 Å². The van der Waals surface area contributed by atoms with Crippen molar-refractivity contribution in [2.24, 2.45) is 0 Å². The van der Waals surface area contributed by atoms with Gasteiger partial charge < -0.3 is 5.11 Å². The molecule has 98 valence electrons. The van der Waals surface area contributed by atoms with E-state index in [9.17, 15) is 4.79 Å². The normalized spacial score (nSPS) is 20.1. The molecule has 1 atom stereocenters.